The third kappa shape index (κ3) is 2.82. The van der Waals surface area contributed by atoms with Crippen LogP contribution in [0.3, 0.4) is 0 Å². The highest BCUT2D eigenvalue weighted by Gasteiger charge is 2.35. The SMILES string of the molecule is CC1(CCN2CCOCC2)CNC(=O)O1. The van der Waals surface area contributed by atoms with Crippen LogP contribution in [0, 0.1) is 0 Å². The average Bonchev–Trinajstić information content (AvgIpc) is 2.58. The summed E-state index contributed by atoms with van der Waals surface area (Å²) in [6.07, 6.45) is 0.589. The third-order valence-corrected chi connectivity index (χ3v) is 3.01. The average molecular weight is 214 g/mol. The largest absolute Gasteiger partial charge is 0.441 e. The van der Waals surface area contributed by atoms with Gasteiger partial charge in [0.1, 0.15) is 5.60 Å². The van der Waals surface area contributed by atoms with Crippen molar-refractivity contribution in [3.05, 3.63) is 0 Å². The molecule has 0 spiro atoms. The molecule has 1 amide bonds. The highest BCUT2D eigenvalue weighted by Crippen LogP contribution is 2.20. The van der Waals surface area contributed by atoms with Crippen molar-refractivity contribution in [3.63, 3.8) is 0 Å². The zero-order valence-electron chi connectivity index (χ0n) is 9.12. The van der Waals surface area contributed by atoms with Gasteiger partial charge in [-0.15, -0.1) is 0 Å². The minimum absolute atomic E-state index is 0.292. The lowest BCUT2D eigenvalue weighted by molar-refractivity contribution is 0.0163. The van der Waals surface area contributed by atoms with Crippen LogP contribution in [-0.4, -0.2) is 56.0 Å². The maximum atomic E-state index is 10.9. The van der Waals surface area contributed by atoms with Gasteiger partial charge in [-0.2, -0.15) is 0 Å². The normalized spacial score (nSPS) is 32.5. The monoisotopic (exact) mass is 214 g/mol. The predicted molar refractivity (Wildman–Crippen MR) is 54.8 cm³/mol. The van der Waals surface area contributed by atoms with Crippen LogP contribution in [0.25, 0.3) is 0 Å². The summed E-state index contributed by atoms with van der Waals surface area (Å²) in [5.74, 6) is 0. The van der Waals surface area contributed by atoms with E-state index in [1.165, 1.54) is 0 Å². The lowest BCUT2D eigenvalue weighted by Gasteiger charge is -2.29. The molecule has 2 fully saturated rings. The molecule has 5 nitrogen and oxygen atoms in total. The van der Waals surface area contributed by atoms with Gasteiger partial charge in [0.2, 0.25) is 0 Å². The lowest BCUT2D eigenvalue weighted by Crippen LogP contribution is -2.41. The molecular weight excluding hydrogens is 196 g/mol. The van der Waals surface area contributed by atoms with Crippen molar-refractivity contribution in [3.8, 4) is 0 Å². The highest BCUT2D eigenvalue weighted by molar-refractivity contribution is 5.70. The van der Waals surface area contributed by atoms with Gasteiger partial charge in [0.25, 0.3) is 0 Å². The van der Waals surface area contributed by atoms with Gasteiger partial charge in [-0.05, 0) is 6.92 Å². The van der Waals surface area contributed by atoms with Gasteiger partial charge >= 0.3 is 6.09 Å². The summed E-state index contributed by atoms with van der Waals surface area (Å²) >= 11 is 0. The molecule has 1 N–H and O–H groups in total. The van der Waals surface area contributed by atoms with Gasteiger partial charge in [-0.1, -0.05) is 0 Å². The van der Waals surface area contributed by atoms with Crippen LogP contribution in [0.4, 0.5) is 4.79 Å². The molecule has 0 aliphatic carbocycles. The number of carbonyl (C=O) groups is 1. The number of morpholine rings is 1. The van der Waals surface area contributed by atoms with Crippen molar-refractivity contribution in [1.29, 1.82) is 0 Å². The second kappa shape index (κ2) is 4.37. The quantitative estimate of drug-likeness (QED) is 0.729. The summed E-state index contributed by atoms with van der Waals surface area (Å²) in [5, 5.41) is 2.69. The van der Waals surface area contributed by atoms with Crippen LogP contribution >= 0.6 is 0 Å². The molecule has 0 aromatic carbocycles. The Kier molecular flexibility index (Phi) is 3.11. The molecule has 1 unspecified atom stereocenters. The molecule has 1 atom stereocenters. The fraction of sp³-hybridized carbons (Fsp3) is 0.900. The van der Waals surface area contributed by atoms with E-state index in [-0.39, 0.29) is 11.7 Å². The van der Waals surface area contributed by atoms with Crippen molar-refractivity contribution in [2.45, 2.75) is 18.9 Å². The van der Waals surface area contributed by atoms with Crippen molar-refractivity contribution >= 4 is 6.09 Å². The molecule has 0 saturated carbocycles. The van der Waals surface area contributed by atoms with Crippen molar-refractivity contribution in [2.75, 3.05) is 39.4 Å². The van der Waals surface area contributed by atoms with Crippen LogP contribution in [0.2, 0.25) is 0 Å². The Morgan fingerprint density at radius 3 is 2.80 bits per heavy atom. The second-order valence-corrected chi connectivity index (χ2v) is 4.40. The molecule has 0 bridgehead atoms. The fourth-order valence-electron chi connectivity index (χ4n) is 1.91. The number of nitrogens with zero attached hydrogens (tertiary/aromatic N) is 1. The van der Waals surface area contributed by atoms with E-state index in [2.05, 4.69) is 10.2 Å². The van der Waals surface area contributed by atoms with E-state index < -0.39 is 0 Å². The van der Waals surface area contributed by atoms with E-state index in [0.29, 0.717) is 6.54 Å². The third-order valence-electron chi connectivity index (χ3n) is 3.01. The van der Waals surface area contributed by atoms with Crippen LogP contribution in [0.5, 0.6) is 0 Å². The van der Waals surface area contributed by atoms with E-state index in [4.69, 9.17) is 9.47 Å². The molecular formula is C10H18N2O3. The minimum Gasteiger partial charge on any atom is -0.441 e. The first-order chi connectivity index (χ1) is 7.18. The Labute approximate surface area is 89.7 Å². The number of rotatable bonds is 3. The maximum absolute atomic E-state index is 10.9. The van der Waals surface area contributed by atoms with Gasteiger partial charge < -0.3 is 14.8 Å². The van der Waals surface area contributed by atoms with Gasteiger partial charge in [0, 0.05) is 26.1 Å². The number of nitrogens with one attached hydrogen (secondary N) is 1. The first-order valence-corrected chi connectivity index (χ1v) is 5.45. The number of cyclic esters (lactones) is 1. The van der Waals surface area contributed by atoms with E-state index in [9.17, 15) is 4.79 Å². The van der Waals surface area contributed by atoms with Gasteiger partial charge in [-0.3, -0.25) is 4.90 Å². The van der Waals surface area contributed by atoms with Crippen LogP contribution in [0.15, 0.2) is 0 Å². The minimum atomic E-state index is -0.324. The topological polar surface area (TPSA) is 50.8 Å². The van der Waals surface area contributed by atoms with Crippen molar-refractivity contribution < 1.29 is 14.3 Å². The number of amides is 1. The number of alkyl carbamates (subject to hydrolysis) is 1. The molecule has 86 valence electrons. The van der Waals surface area contributed by atoms with Crippen molar-refractivity contribution in [2.24, 2.45) is 0 Å². The number of carbonyl (C=O) groups excluding carboxylic acids is 1. The molecule has 2 heterocycles. The van der Waals surface area contributed by atoms with Gasteiger partial charge in [-0.25, -0.2) is 4.79 Å². The molecule has 2 saturated heterocycles. The highest BCUT2D eigenvalue weighted by atomic mass is 16.6. The van der Waals surface area contributed by atoms with Gasteiger partial charge in [0.05, 0.1) is 19.8 Å². The zero-order chi connectivity index (χ0) is 10.7. The smallest absolute Gasteiger partial charge is 0.407 e. The molecule has 5 heteroatoms. The predicted octanol–water partition coefficient (Wildman–Crippen LogP) is 0.207. The Hall–Kier alpha value is -0.810. The van der Waals surface area contributed by atoms with Crippen LogP contribution in [-0.2, 0) is 9.47 Å². The Morgan fingerprint density at radius 1 is 1.47 bits per heavy atom. The van der Waals surface area contributed by atoms with E-state index in [1.54, 1.807) is 0 Å². The van der Waals surface area contributed by atoms with E-state index >= 15 is 0 Å². The first-order valence-electron chi connectivity index (χ1n) is 5.45. The Balaban J connectivity index is 1.74. The van der Waals surface area contributed by atoms with E-state index in [0.717, 1.165) is 39.3 Å². The summed E-state index contributed by atoms with van der Waals surface area (Å²) in [4.78, 5) is 13.3. The van der Waals surface area contributed by atoms with Crippen molar-refractivity contribution in [1.82, 2.24) is 10.2 Å². The van der Waals surface area contributed by atoms with Crippen LogP contribution in [0.1, 0.15) is 13.3 Å². The maximum Gasteiger partial charge on any atom is 0.407 e. The molecule has 0 aromatic heterocycles. The Morgan fingerprint density at radius 2 is 2.20 bits per heavy atom. The number of hydrogen-bond acceptors (Lipinski definition) is 4. The summed E-state index contributed by atoms with van der Waals surface area (Å²) in [6.45, 7) is 7.16. The summed E-state index contributed by atoms with van der Waals surface area (Å²) < 4.78 is 10.5. The summed E-state index contributed by atoms with van der Waals surface area (Å²) in [6, 6.07) is 0. The molecule has 0 radical (unpaired) electrons. The molecule has 2 aliphatic rings. The first kappa shape index (κ1) is 10.7. The van der Waals surface area contributed by atoms with Gasteiger partial charge in [0.15, 0.2) is 0 Å². The Bertz CT molecular complexity index is 241. The standard InChI is InChI=1S/C10H18N2O3/c1-10(8-11-9(13)15-10)2-3-12-4-6-14-7-5-12/h2-8H2,1H3,(H,11,13). The molecule has 0 aromatic rings. The zero-order valence-corrected chi connectivity index (χ0v) is 9.12. The lowest BCUT2D eigenvalue weighted by atomic mass is 10.0. The molecule has 2 rings (SSSR count). The van der Waals surface area contributed by atoms with Crippen LogP contribution < -0.4 is 5.32 Å². The molecule has 15 heavy (non-hydrogen) atoms. The molecule has 2 aliphatic heterocycles. The number of hydrogen-bond donors (Lipinski definition) is 1. The fourth-order valence-corrected chi connectivity index (χ4v) is 1.91. The summed E-state index contributed by atoms with van der Waals surface area (Å²) in [7, 11) is 0. The second-order valence-electron chi connectivity index (χ2n) is 4.40. The van der Waals surface area contributed by atoms with E-state index in [1.807, 2.05) is 6.92 Å². The summed E-state index contributed by atoms with van der Waals surface area (Å²) in [5.41, 5.74) is -0.324. The number of ether oxygens (including phenoxy) is 2.